The molecule has 1 aromatic carbocycles. The van der Waals surface area contributed by atoms with E-state index in [1.807, 2.05) is 12.1 Å². The third kappa shape index (κ3) is 5.84. The van der Waals surface area contributed by atoms with Gasteiger partial charge in [0.2, 0.25) is 0 Å². The molecule has 1 atom stereocenters. The summed E-state index contributed by atoms with van der Waals surface area (Å²) in [7, 11) is 3.35. The maximum atomic E-state index is 10.4. The van der Waals surface area contributed by atoms with E-state index < -0.39 is 6.10 Å². The zero-order valence-electron chi connectivity index (χ0n) is 17.2. The van der Waals surface area contributed by atoms with E-state index in [9.17, 15) is 5.11 Å². The van der Waals surface area contributed by atoms with Crippen molar-refractivity contribution in [3.05, 3.63) is 53.9 Å². The van der Waals surface area contributed by atoms with Crippen molar-refractivity contribution in [2.45, 2.75) is 57.3 Å². The molecular weight excluding hydrogens is 352 g/mol. The van der Waals surface area contributed by atoms with E-state index >= 15 is 0 Å². The molecule has 1 fully saturated rings. The van der Waals surface area contributed by atoms with Crippen molar-refractivity contribution in [2.75, 3.05) is 27.4 Å². The molecule has 2 aromatic rings. The number of benzene rings is 1. The molecule has 5 heteroatoms. The van der Waals surface area contributed by atoms with Gasteiger partial charge >= 0.3 is 0 Å². The van der Waals surface area contributed by atoms with E-state index in [4.69, 9.17) is 9.47 Å². The number of rotatable bonds is 10. The molecule has 1 aliphatic rings. The fraction of sp³-hybridized carbons (Fsp3) is 0.565. The molecule has 5 nitrogen and oxygen atoms in total. The predicted octanol–water partition coefficient (Wildman–Crippen LogP) is 3.69. The lowest BCUT2D eigenvalue weighted by Gasteiger charge is -2.35. The normalized spacial score (nSPS) is 16.4. The first kappa shape index (κ1) is 20.9. The Balaban J connectivity index is 1.72. The summed E-state index contributed by atoms with van der Waals surface area (Å²) in [5.74, 6) is 0.887. The largest absolute Gasteiger partial charge is 0.497 e. The van der Waals surface area contributed by atoms with Crippen LogP contribution in [0.1, 0.15) is 43.4 Å². The Hall–Kier alpha value is -1.82. The highest BCUT2D eigenvalue weighted by atomic mass is 16.5. The first-order chi connectivity index (χ1) is 13.7. The molecule has 0 unspecified atom stereocenters. The molecule has 0 aliphatic heterocycles. The van der Waals surface area contributed by atoms with Gasteiger partial charge in [-0.25, -0.2) is 0 Å². The van der Waals surface area contributed by atoms with Crippen molar-refractivity contribution < 1.29 is 14.6 Å². The van der Waals surface area contributed by atoms with E-state index in [0.29, 0.717) is 19.2 Å². The summed E-state index contributed by atoms with van der Waals surface area (Å²) in [5.41, 5.74) is 2.50. The molecule has 0 bridgehead atoms. The molecule has 0 spiro atoms. The van der Waals surface area contributed by atoms with Gasteiger partial charge in [-0.15, -0.1) is 0 Å². The summed E-state index contributed by atoms with van der Waals surface area (Å²) >= 11 is 0. The summed E-state index contributed by atoms with van der Waals surface area (Å²) < 4.78 is 12.8. The van der Waals surface area contributed by atoms with Gasteiger partial charge in [0.1, 0.15) is 5.75 Å². The van der Waals surface area contributed by atoms with Crippen LogP contribution in [-0.2, 0) is 17.8 Å². The minimum atomic E-state index is -0.450. The minimum Gasteiger partial charge on any atom is -0.497 e. The van der Waals surface area contributed by atoms with Gasteiger partial charge in [0.05, 0.1) is 19.8 Å². The Morgan fingerprint density at radius 1 is 1.14 bits per heavy atom. The first-order valence-electron chi connectivity index (χ1n) is 10.4. The number of hydrogen-bond acceptors (Lipinski definition) is 4. The molecule has 1 heterocycles. The maximum absolute atomic E-state index is 10.4. The summed E-state index contributed by atoms with van der Waals surface area (Å²) in [6.07, 6.45) is 8.02. The van der Waals surface area contributed by atoms with Gasteiger partial charge in [-0.05, 0) is 42.7 Å². The number of aliphatic hydroxyl groups is 1. The monoisotopic (exact) mass is 386 g/mol. The van der Waals surface area contributed by atoms with Gasteiger partial charge in [0, 0.05) is 44.7 Å². The van der Waals surface area contributed by atoms with Crippen LogP contribution in [0.3, 0.4) is 0 Å². The highest BCUT2D eigenvalue weighted by Crippen LogP contribution is 2.25. The summed E-state index contributed by atoms with van der Waals surface area (Å²) in [5, 5.41) is 10.4. The molecule has 1 aromatic heterocycles. The minimum absolute atomic E-state index is 0.383. The second kappa shape index (κ2) is 10.6. The van der Waals surface area contributed by atoms with Gasteiger partial charge in [0.15, 0.2) is 0 Å². The number of methoxy groups -OCH3 is 2. The lowest BCUT2D eigenvalue weighted by molar-refractivity contribution is 0.0174. The van der Waals surface area contributed by atoms with Gasteiger partial charge in [0.25, 0.3) is 0 Å². The summed E-state index contributed by atoms with van der Waals surface area (Å²) in [6.45, 7) is 2.71. The van der Waals surface area contributed by atoms with E-state index in [-0.39, 0.29) is 0 Å². The fourth-order valence-corrected chi connectivity index (χ4v) is 4.23. The van der Waals surface area contributed by atoms with Gasteiger partial charge < -0.3 is 19.1 Å². The summed E-state index contributed by atoms with van der Waals surface area (Å²) in [4.78, 5) is 2.46. The topological polar surface area (TPSA) is 46.9 Å². The van der Waals surface area contributed by atoms with E-state index in [1.54, 1.807) is 14.2 Å². The Bertz CT molecular complexity index is 709. The van der Waals surface area contributed by atoms with Gasteiger partial charge in [-0.3, -0.25) is 4.90 Å². The van der Waals surface area contributed by atoms with E-state index in [2.05, 4.69) is 39.9 Å². The quantitative estimate of drug-likeness (QED) is 0.677. The molecule has 0 amide bonds. The average Bonchev–Trinajstić information content (AvgIpc) is 3.15. The molecule has 0 radical (unpaired) electrons. The molecular formula is C23H34N2O3. The van der Waals surface area contributed by atoms with Crippen LogP contribution in [-0.4, -0.2) is 54.1 Å². The zero-order valence-corrected chi connectivity index (χ0v) is 17.2. The van der Waals surface area contributed by atoms with Crippen LogP contribution in [0.2, 0.25) is 0 Å². The van der Waals surface area contributed by atoms with Crippen LogP contribution in [0, 0.1) is 0 Å². The first-order valence-corrected chi connectivity index (χ1v) is 10.4. The highest BCUT2D eigenvalue weighted by molar-refractivity contribution is 5.29. The van der Waals surface area contributed by atoms with Crippen molar-refractivity contribution in [3.63, 3.8) is 0 Å². The molecule has 0 saturated heterocycles. The van der Waals surface area contributed by atoms with Crippen molar-refractivity contribution in [3.8, 4) is 5.75 Å². The van der Waals surface area contributed by atoms with Crippen molar-refractivity contribution in [1.29, 1.82) is 0 Å². The van der Waals surface area contributed by atoms with Crippen molar-refractivity contribution >= 4 is 0 Å². The Labute approximate surface area is 168 Å². The number of aromatic nitrogens is 1. The number of hydrogen-bond donors (Lipinski definition) is 1. The molecule has 3 rings (SSSR count). The van der Waals surface area contributed by atoms with Crippen molar-refractivity contribution in [1.82, 2.24) is 9.47 Å². The van der Waals surface area contributed by atoms with Crippen LogP contribution >= 0.6 is 0 Å². The van der Waals surface area contributed by atoms with Crippen LogP contribution in [0.5, 0.6) is 5.75 Å². The smallest absolute Gasteiger partial charge is 0.119 e. The zero-order chi connectivity index (χ0) is 19.8. The van der Waals surface area contributed by atoms with E-state index in [1.165, 1.54) is 43.4 Å². The van der Waals surface area contributed by atoms with Crippen LogP contribution in [0.25, 0.3) is 0 Å². The summed E-state index contributed by atoms with van der Waals surface area (Å²) in [6, 6.07) is 13.1. The number of aliphatic hydroxyl groups excluding tert-OH is 1. The molecule has 1 N–H and O–H groups in total. The highest BCUT2D eigenvalue weighted by Gasteiger charge is 2.24. The third-order valence-electron chi connectivity index (χ3n) is 5.67. The average molecular weight is 387 g/mol. The second-order valence-electron chi connectivity index (χ2n) is 7.81. The van der Waals surface area contributed by atoms with Gasteiger partial charge in [-0.2, -0.15) is 0 Å². The Kier molecular flexibility index (Phi) is 7.95. The van der Waals surface area contributed by atoms with Crippen LogP contribution < -0.4 is 4.74 Å². The van der Waals surface area contributed by atoms with Crippen LogP contribution in [0.15, 0.2) is 42.6 Å². The second-order valence-corrected chi connectivity index (χ2v) is 7.81. The molecule has 28 heavy (non-hydrogen) atoms. The maximum Gasteiger partial charge on any atom is 0.119 e. The molecule has 1 aliphatic carbocycles. The molecule has 154 valence electrons. The lowest BCUT2D eigenvalue weighted by atomic mass is 9.94. The number of nitrogens with zero attached hydrogens (tertiary/aromatic N) is 2. The standard InChI is InChI=1S/C23H34N2O3/c1-27-18-22(26)17-25(20-9-4-3-5-10-20)16-21-11-7-13-24(21)15-19-8-6-12-23(14-19)28-2/h6-8,11-14,20,22,26H,3-5,9-10,15-18H2,1-2H3/t22-/m0/s1. The fourth-order valence-electron chi connectivity index (χ4n) is 4.23. The van der Waals surface area contributed by atoms with Crippen LogP contribution in [0.4, 0.5) is 0 Å². The van der Waals surface area contributed by atoms with E-state index in [0.717, 1.165) is 18.8 Å². The Morgan fingerprint density at radius 2 is 1.96 bits per heavy atom. The van der Waals surface area contributed by atoms with Crippen molar-refractivity contribution in [2.24, 2.45) is 0 Å². The van der Waals surface area contributed by atoms with Gasteiger partial charge in [-0.1, -0.05) is 31.4 Å². The SMILES string of the molecule is COC[C@@H](O)CN(Cc1cccn1Cc1cccc(OC)c1)C1CCCCC1. The Morgan fingerprint density at radius 3 is 2.71 bits per heavy atom. The number of ether oxygens (including phenoxy) is 2. The predicted molar refractivity (Wildman–Crippen MR) is 112 cm³/mol. The molecule has 1 saturated carbocycles. The lowest BCUT2D eigenvalue weighted by Crippen LogP contribution is -2.42. The third-order valence-corrected chi connectivity index (χ3v) is 5.67.